The van der Waals surface area contributed by atoms with Crippen LogP contribution in [0.2, 0.25) is 0 Å². The van der Waals surface area contributed by atoms with Crippen molar-refractivity contribution in [1.82, 2.24) is 4.98 Å². The molecule has 0 aliphatic carbocycles. The molecule has 0 saturated heterocycles. The van der Waals surface area contributed by atoms with Crippen molar-refractivity contribution < 1.29 is 5.21 Å². The number of rotatable bonds is 3. The largest absolute Gasteiger partial charge is 0.411 e. The number of para-hydroxylation sites is 1. The summed E-state index contributed by atoms with van der Waals surface area (Å²) >= 11 is 0. The van der Waals surface area contributed by atoms with E-state index in [2.05, 4.69) is 24.0 Å². The van der Waals surface area contributed by atoms with Crippen LogP contribution in [0.1, 0.15) is 25.8 Å². The van der Waals surface area contributed by atoms with E-state index in [1.54, 1.807) is 0 Å². The Bertz CT molecular complexity index is 511. The maximum Gasteiger partial charge on any atom is 0.0891 e. The second-order valence-corrected chi connectivity index (χ2v) is 4.39. The molecule has 0 saturated carbocycles. The Morgan fingerprint density at radius 2 is 2.12 bits per heavy atom. The van der Waals surface area contributed by atoms with Crippen molar-refractivity contribution in [1.29, 1.82) is 0 Å². The first-order valence-electron chi connectivity index (χ1n) is 5.49. The van der Waals surface area contributed by atoms with Crippen molar-refractivity contribution in [3.63, 3.8) is 0 Å². The number of nitrogens with zero attached hydrogens (tertiary/aromatic N) is 1. The molecule has 0 aliphatic heterocycles. The van der Waals surface area contributed by atoms with E-state index >= 15 is 0 Å². The molecular formula is C13H16N2O. The van der Waals surface area contributed by atoms with Gasteiger partial charge in [-0.15, -0.1) is 0 Å². The van der Waals surface area contributed by atoms with E-state index in [1.807, 2.05) is 30.5 Å². The quantitative estimate of drug-likeness (QED) is 0.461. The summed E-state index contributed by atoms with van der Waals surface area (Å²) in [4.78, 5) is 3.18. The van der Waals surface area contributed by atoms with Crippen LogP contribution < -0.4 is 0 Å². The first-order chi connectivity index (χ1) is 7.72. The predicted octanol–water partition coefficient (Wildman–Crippen LogP) is 3.39. The Balaban J connectivity index is 2.46. The number of benzene rings is 1. The summed E-state index contributed by atoms with van der Waals surface area (Å²) in [6.45, 7) is 4.22. The maximum absolute atomic E-state index is 9.08. The fourth-order valence-electron chi connectivity index (χ4n) is 1.90. The van der Waals surface area contributed by atoms with Crippen LogP contribution in [0.5, 0.6) is 0 Å². The highest BCUT2D eigenvalue weighted by Gasteiger charge is 2.11. The van der Waals surface area contributed by atoms with Crippen LogP contribution in [0.15, 0.2) is 35.6 Å². The first-order valence-corrected chi connectivity index (χ1v) is 5.49. The molecule has 0 spiro atoms. The molecule has 0 amide bonds. The van der Waals surface area contributed by atoms with Gasteiger partial charge in [-0.2, -0.15) is 0 Å². The molecule has 2 N–H and O–H groups in total. The molecule has 3 heteroatoms. The fourth-order valence-corrected chi connectivity index (χ4v) is 1.90. The van der Waals surface area contributed by atoms with Crippen LogP contribution in [0.25, 0.3) is 10.9 Å². The van der Waals surface area contributed by atoms with Gasteiger partial charge in [0.2, 0.25) is 0 Å². The fraction of sp³-hybridized carbons (Fsp3) is 0.308. The Kier molecular flexibility index (Phi) is 2.95. The first kappa shape index (κ1) is 10.7. The lowest BCUT2D eigenvalue weighted by Crippen LogP contribution is -2.04. The number of hydrogen-bond acceptors (Lipinski definition) is 2. The molecule has 3 nitrogen and oxygen atoms in total. The van der Waals surface area contributed by atoms with Gasteiger partial charge in [-0.1, -0.05) is 37.2 Å². The minimum atomic E-state index is 0.472. The lowest BCUT2D eigenvalue weighted by atomic mass is 10.00. The van der Waals surface area contributed by atoms with Crippen molar-refractivity contribution in [2.24, 2.45) is 11.1 Å². The Morgan fingerprint density at radius 1 is 1.38 bits per heavy atom. The van der Waals surface area contributed by atoms with E-state index in [4.69, 9.17) is 5.21 Å². The molecule has 0 atom stereocenters. The zero-order valence-corrected chi connectivity index (χ0v) is 9.57. The van der Waals surface area contributed by atoms with Gasteiger partial charge in [-0.05, 0) is 18.4 Å². The van der Waals surface area contributed by atoms with Gasteiger partial charge in [0.25, 0.3) is 0 Å². The third kappa shape index (κ3) is 1.94. The second-order valence-electron chi connectivity index (χ2n) is 4.39. The average molecular weight is 216 g/mol. The van der Waals surface area contributed by atoms with Gasteiger partial charge < -0.3 is 10.2 Å². The zero-order valence-electron chi connectivity index (χ0n) is 9.57. The molecule has 1 aromatic carbocycles. The monoisotopic (exact) mass is 216 g/mol. The topological polar surface area (TPSA) is 48.4 Å². The van der Waals surface area contributed by atoms with E-state index in [0.717, 1.165) is 28.6 Å². The molecule has 2 aromatic rings. The summed E-state index contributed by atoms with van der Waals surface area (Å²) in [6, 6.07) is 8.03. The number of oxime groups is 1. The summed E-state index contributed by atoms with van der Waals surface area (Å²) < 4.78 is 0. The van der Waals surface area contributed by atoms with Crippen LogP contribution in [-0.2, 0) is 0 Å². The van der Waals surface area contributed by atoms with Crippen molar-refractivity contribution in [3.8, 4) is 0 Å². The SMILES string of the molecule is CC(C)C/C(=N\O)c1c[nH]c2ccccc12. The van der Waals surface area contributed by atoms with Gasteiger partial charge in [0.15, 0.2) is 0 Å². The molecule has 1 heterocycles. The summed E-state index contributed by atoms with van der Waals surface area (Å²) in [5, 5.41) is 13.6. The summed E-state index contributed by atoms with van der Waals surface area (Å²) in [5.41, 5.74) is 2.81. The third-order valence-electron chi connectivity index (χ3n) is 2.62. The normalized spacial score (nSPS) is 12.6. The number of fused-ring (bicyclic) bond motifs is 1. The molecule has 1 aromatic heterocycles. The Hall–Kier alpha value is -1.77. The summed E-state index contributed by atoms with van der Waals surface area (Å²) in [7, 11) is 0. The summed E-state index contributed by atoms with van der Waals surface area (Å²) in [6.07, 6.45) is 2.68. The number of aromatic amines is 1. The van der Waals surface area contributed by atoms with Crippen molar-refractivity contribution in [3.05, 3.63) is 36.0 Å². The third-order valence-corrected chi connectivity index (χ3v) is 2.62. The molecule has 84 valence electrons. The number of aromatic nitrogens is 1. The van der Waals surface area contributed by atoms with E-state index in [-0.39, 0.29) is 0 Å². The average Bonchev–Trinajstić information content (AvgIpc) is 2.69. The smallest absolute Gasteiger partial charge is 0.0891 e. The molecule has 0 fully saturated rings. The Labute approximate surface area is 94.8 Å². The summed E-state index contributed by atoms with van der Waals surface area (Å²) in [5.74, 6) is 0.472. The lowest BCUT2D eigenvalue weighted by Gasteiger charge is -2.05. The highest BCUT2D eigenvalue weighted by Crippen LogP contribution is 2.21. The van der Waals surface area contributed by atoms with E-state index in [0.29, 0.717) is 5.92 Å². The van der Waals surface area contributed by atoms with Crippen LogP contribution in [0, 0.1) is 5.92 Å². The zero-order chi connectivity index (χ0) is 11.5. The van der Waals surface area contributed by atoms with Crippen LogP contribution >= 0.6 is 0 Å². The highest BCUT2D eigenvalue weighted by atomic mass is 16.4. The molecule has 0 bridgehead atoms. The van der Waals surface area contributed by atoms with Gasteiger partial charge in [0.05, 0.1) is 5.71 Å². The number of nitrogens with one attached hydrogen (secondary N) is 1. The second kappa shape index (κ2) is 4.39. The van der Waals surface area contributed by atoms with Gasteiger partial charge in [-0.25, -0.2) is 0 Å². The van der Waals surface area contributed by atoms with Crippen LogP contribution in [0.4, 0.5) is 0 Å². The van der Waals surface area contributed by atoms with Gasteiger partial charge >= 0.3 is 0 Å². The van der Waals surface area contributed by atoms with E-state index in [9.17, 15) is 0 Å². The van der Waals surface area contributed by atoms with Crippen LogP contribution in [0.3, 0.4) is 0 Å². The molecular weight excluding hydrogens is 200 g/mol. The highest BCUT2D eigenvalue weighted by molar-refractivity contribution is 6.10. The number of H-pyrrole nitrogens is 1. The molecule has 16 heavy (non-hydrogen) atoms. The predicted molar refractivity (Wildman–Crippen MR) is 66.1 cm³/mol. The molecule has 0 aliphatic rings. The van der Waals surface area contributed by atoms with Gasteiger partial charge in [0, 0.05) is 22.7 Å². The van der Waals surface area contributed by atoms with Crippen molar-refractivity contribution >= 4 is 16.6 Å². The Morgan fingerprint density at radius 3 is 2.81 bits per heavy atom. The maximum atomic E-state index is 9.08. The minimum absolute atomic E-state index is 0.472. The van der Waals surface area contributed by atoms with Gasteiger partial charge in [0.1, 0.15) is 0 Å². The molecule has 0 unspecified atom stereocenters. The van der Waals surface area contributed by atoms with Crippen LogP contribution in [-0.4, -0.2) is 15.9 Å². The minimum Gasteiger partial charge on any atom is -0.411 e. The van der Waals surface area contributed by atoms with Gasteiger partial charge in [-0.3, -0.25) is 0 Å². The number of hydrogen-bond donors (Lipinski definition) is 2. The molecule has 0 radical (unpaired) electrons. The standard InChI is InChI=1S/C13H16N2O/c1-9(2)7-13(15-16)11-8-14-12-6-4-3-5-10(11)12/h3-6,8-9,14,16H,7H2,1-2H3/b15-13+. The van der Waals surface area contributed by atoms with E-state index in [1.165, 1.54) is 0 Å². The van der Waals surface area contributed by atoms with Crippen molar-refractivity contribution in [2.75, 3.05) is 0 Å². The van der Waals surface area contributed by atoms with E-state index < -0.39 is 0 Å². The lowest BCUT2D eigenvalue weighted by molar-refractivity contribution is 0.317. The molecule has 2 rings (SSSR count). The van der Waals surface area contributed by atoms with Crippen molar-refractivity contribution in [2.45, 2.75) is 20.3 Å².